The topological polar surface area (TPSA) is 123 Å². The number of carbonyl (C=O) groups is 2. The predicted molar refractivity (Wildman–Crippen MR) is 155 cm³/mol. The number of amides is 2. The third-order valence-corrected chi connectivity index (χ3v) is 7.41. The predicted octanol–water partition coefficient (Wildman–Crippen LogP) is 2.55. The highest BCUT2D eigenvalue weighted by Gasteiger charge is 2.28. The molecule has 11 heteroatoms. The van der Waals surface area contributed by atoms with Gasteiger partial charge < -0.3 is 24.8 Å². The molecule has 2 N–H and O–H groups in total. The Morgan fingerprint density at radius 2 is 1.95 bits per heavy atom. The van der Waals surface area contributed by atoms with Crippen LogP contribution in [0.1, 0.15) is 32.3 Å². The van der Waals surface area contributed by atoms with Crippen molar-refractivity contribution >= 4 is 28.4 Å². The molecule has 2 amide bonds. The van der Waals surface area contributed by atoms with Crippen LogP contribution >= 0.6 is 0 Å². The minimum Gasteiger partial charge on any atom is -0.387 e. The van der Waals surface area contributed by atoms with E-state index in [9.17, 15) is 9.59 Å². The summed E-state index contributed by atoms with van der Waals surface area (Å²) in [5.74, 6) is 0.166. The molecule has 0 aromatic carbocycles. The van der Waals surface area contributed by atoms with Gasteiger partial charge in [0.15, 0.2) is 0 Å². The minimum atomic E-state index is -0.437. The minimum absolute atomic E-state index is 0. The van der Waals surface area contributed by atoms with Crippen molar-refractivity contribution in [2.75, 3.05) is 53.4 Å². The molecule has 40 heavy (non-hydrogen) atoms. The summed E-state index contributed by atoms with van der Waals surface area (Å²) in [6.07, 6.45) is 12.1. The van der Waals surface area contributed by atoms with E-state index in [0.29, 0.717) is 13.1 Å². The summed E-state index contributed by atoms with van der Waals surface area (Å²) < 4.78 is 1.62. The number of aliphatic hydroxyl groups excluding tert-OH is 1. The Morgan fingerprint density at radius 1 is 1.12 bits per heavy atom. The van der Waals surface area contributed by atoms with E-state index in [2.05, 4.69) is 26.2 Å². The van der Waals surface area contributed by atoms with E-state index in [1.807, 2.05) is 54.4 Å². The van der Waals surface area contributed by atoms with Crippen LogP contribution in [0.2, 0.25) is 0 Å². The van der Waals surface area contributed by atoms with Gasteiger partial charge in [-0.2, -0.15) is 14.8 Å². The fourth-order valence-corrected chi connectivity index (χ4v) is 5.29. The lowest BCUT2D eigenvalue weighted by Crippen LogP contribution is -2.30. The highest BCUT2D eigenvalue weighted by atomic mass is 16.3. The van der Waals surface area contributed by atoms with Gasteiger partial charge in [-0.3, -0.25) is 9.59 Å². The monoisotopic (exact) mass is 546 g/mol. The molecule has 6 rings (SSSR count). The Balaban J connectivity index is 0.000000236. The van der Waals surface area contributed by atoms with Crippen LogP contribution < -0.4 is 0 Å². The summed E-state index contributed by atoms with van der Waals surface area (Å²) in [6, 6.07) is 7.99. The summed E-state index contributed by atoms with van der Waals surface area (Å²) in [7, 11) is 3.98. The average molecular weight is 547 g/mol. The third kappa shape index (κ3) is 6.05. The van der Waals surface area contributed by atoms with E-state index in [4.69, 9.17) is 5.11 Å². The third-order valence-electron chi connectivity index (χ3n) is 7.41. The van der Waals surface area contributed by atoms with Crippen molar-refractivity contribution in [3.8, 4) is 11.1 Å². The van der Waals surface area contributed by atoms with Crippen molar-refractivity contribution in [1.82, 2.24) is 39.5 Å². The second-order valence-electron chi connectivity index (χ2n) is 10.5. The Bertz CT molecular complexity index is 1510. The first-order chi connectivity index (χ1) is 19.4. The number of H-pyrrole nitrogens is 1. The molecule has 11 nitrogen and oxygen atoms in total. The molecule has 6 heterocycles. The van der Waals surface area contributed by atoms with Crippen LogP contribution in [-0.4, -0.2) is 110 Å². The van der Waals surface area contributed by atoms with Crippen molar-refractivity contribution < 1.29 is 16.1 Å². The molecule has 4 aromatic rings. The van der Waals surface area contributed by atoms with Crippen LogP contribution in [0.3, 0.4) is 0 Å². The van der Waals surface area contributed by atoms with Gasteiger partial charge in [0.2, 0.25) is 11.8 Å². The summed E-state index contributed by atoms with van der Waals surface area (Å²) in [4.78, 5) is 36.7. The van der Waals surface area contributed by atoms with Gasteiger partial charge in [0.05, 0.1) is 11.7 Å². The zero-order valence-electron chi connectivity index (χ0n) is 23.0. The number of hydrogen-bond donors (Lipinski definition) is 2. The van der Waals surface area contributed by atoms with Gasteiger partial charge in [0.1, 0.15) is 12.3 Å². The lowest BCUT2D eigenvalue weighted by Gasteiger charge is -2.14. The largest absolute Gasteiger partial charge is 0.387 e. The van der Waals surface area contributed by atoms with E-state index < -0.39 is 6.61 Å². The maximum Gasteiger partial charge on any atom is 0.248 e. The maximum absolute atomic E-state index is 11.7. The van der Waals surface area contributed by atoms with Crippen LogP contribution in [0, 0.1) is 0 Å². The van der Waals surface area contributed by atoms with Gasteiger partial charge in [0.25, 0.3) is 0 Å². The molecule has 212 valence electrons. The molecule has 4 aromatic heterocycles. The number of carbonyl (C=O) groups excluding carboxylic acids is 2. The summed E-state index contributed by atoms with van der Waals surface area (Å²) in [6.45, 7) is 3.55. The molecule has 2 saturated heterocycles. The summed E-state index contributed by atoms with van der Waals surface area (Å²) >= 11 is 0. The van der Waals surface area contributed by atoms with Crippen molar-refractivity contribution in [2.45, 2.75) is 25.2 Å². The average Bonchev–Trinajstić information content (AvgIpc) is 3.78. The van der Waals surface area contributed by atoms with Gasteiger partial charge in [-0.25, -0.2) is 4.98 Å². The number of aliphatic hydroxyl groups is 1. The Kier molecular flexibility index (Phi) is 8.51. The number of aromatic nitrogens is 5. The quantitative estimate of drug-likeness (QED) is 0.356. The first-order valence-electron chi connectivity index (χ1n) is 13.7. The molecule has 2 aliphatic heterocycles. The zero-order chi connectivity index (χ0) is 28.1. The van der Waals surface area contributed by atoms with E-state index in [1.165, 1.54) is 0 Å². The van der Waals surface area contributed by atoms with Gasteiger partial charge >= 0.3 is 0 Å². The van der Waals surface area contributed by atoms with E-state index in [1.54, 1.807) is 28.0 Å². The standard InChI is InChI=1S/C19H18N6O2.C10H18N2O.H2/c26-11-18(27)24-7-4-12(10-24)16-8-14-13(3-6-20-19(14)23-16)15-9-22-25-17(15)2-1-5-21-25;1-11(2)7-5-6-10(13)12-8-3-4-9-12;/h1-3,5-6,8-9,12,26H,4,7,10-11H2,(H,20,23);5-6H,3-4,7-9H2,1-2H3;1H/b;6-5+;. The van der Waals surface area contributed by atoms with Gasteiger partial charge in [-0.1, -0.05) is 6.08 Å². The van der Waals surface area contributed by atoms with Gasteiger partial charge in [-0.15, -0.1) is 0 Å². The Morgan fingerprint density at radius 3 is 2.73 bits per heavy atom. The molecule has 1 atom stereocenters. The number of pyridine rings is 1. The summed E-state index contributed by atoms with van der Waals surface area (Å²) in [5.41, 5.74) is 4.87. The molecule has 0 aliphatic carbocycles. The first kappa shape index (κ1) is 27.5. The van der Waals surface area contributed by atoms with E-state index >= 15 is 0 Å². The highest BCUT2D eigenvalue weighted by molar-refractivity contribution is 5.97. The molecule has 1 unspecified atom stereocenters. The lowest BCUT2D eigenvalue weighted by molar-refractivity contribution is -0.133. The highest BCUT2D eigenvalue weighted by Crippen LogP contribution is 2.34. The van der Waals surface area contributed by atoms with Crippen LogP contribution in [0.15, 0.2) is 55.0 Å². The fourth-order valence-electron chi connectivity index (χ4n) is 5.29. The van der Waals surface area contributed by atoms with E-state index in [0.717, 1.165) is 72.3 Å². The lowest BCUT2D eigenvalue weighted by atomic mass is 10.0. The van der Waals surface area contributed by atoms with Crippen LogP contribution in [-0.2, 0) is 9.59 Å². The number of nitrogens with zero attached hydrogens (tertiary/aromatic N) is 7. The van der Waals surface area contributed by atoms with Crippen LogP contribution in [0.25, 0.3) is 27.7 Å². The number of aromatic amines is 1. The Labute approximate surface area is 234 Å². The first-order valence-corrected chi connectivity index (χ1v) is 13.7. The van der Waals surface area contributed by atoms with Crippen molar-refractivity contribution in [3.63, 3.8) is 0 Å². The number of rotatable bonds is 6. The molecule has 0 bridgehead atoms. The SMILES string of the molecule is CN(C)C/C=C/C(=O)N1CCCC1.O=C(CO)N1CCC(c2cc3c(-c4cnn5ncccc45)ccnc3[nH]2)C1.[HH]. The second kappa shape index (κ2) is 12.4. The smallest absolute Gasteiger partial charge is 0.248 e. The Hall–Kier alpha value is -4.09. The number of fused-ring (bicyclic) bond motifs is 2. The van der Waals surface area contributed by atoms with Crippen LogP contribution in [0.5, 0.6) is 0 Å². The van der Waals surface area contributed by atoms with Crippen molar-refractivity contribution in [1.29, 1.82) is 0 Å². The zero-order valence-corrected chi connectivity index (χ0v) is 23.0. The summed E-state index contributed by atoms with van der Waals surface area (Å²) in [5, 5.41) is 18.7. The molecule has 2 fully saturated rings. The van der Waals surface area contributed by atoms with Crippen molar-refractivity contribution in [2.24, 2.45) is 0 Å². The molecular formula is C29H38N8O3. The molecular weight excluding hydrogens is 508 g/mol. The number of likely N-dealkylation sites (N-methyl/N-ethyl adjacent to an activating group) is 1. The number of hydrogen-bond acceptors (Lipinski definition) is 7. The molecule has 0 saturated carbocycles. The molecule has 0 spiro atoms. The fraction of sp³-hybridized carbons (Fsp3) is 0.414. The van der Waals surface area contributed by atoms with Gasteiger partial charge in [-0.05, 0) is 63.2 Å². The number of nitrogens with one attached hydrogen (secondary N) is 1. The maximum atomic E-state index is 11.7. The van der Waals surface area contributed by atoms with E-state index in [-0.39, 0.29) is 19.2 Å². The van der Waals surface area contributed by atoms with Gasteiger partial charge in [0, 0.05) is 75.2 Å². The van der Waals surface area contributed by atoms with Crippen LogP contribution in [0.4, 0.5) is 0 Å². The second-order valence-corrected chi connectivity index (χ2v) is 10.5. The molecule has 0 radical (unpaired) electrons. The molecule has 2 aliphatic rings. The number of likely N-dealkylation sites (tertiary alicyclic amines) is 2. The van der Waals surface area contributed by atoms with Crippen molar-refractivity contribution in [3.05, 3.63) is 60.7 Å². The normalized spacial score (nSPS) is 17.4.